The molecule has 0 radical (unpaired) electrons. The van der Waals surface area contributed by atoms with Crippen LogP contribution in [0.3, 0.4) is 0 Å². The Hall–Kier alpha value is -3.48. The van der Waals surface area contributed by atoms with Crippen molar-refractivity contribution in [3.05, 3.63) is 70.4 Å². The lowest BCUT2D eigenvalue weighted by Gasteiger charge is -2.13. The number of hydrogen-bond donors (Lipinski definition) is 0. The summed E-state index contributed by atoms with van der Waals surface area (Å²) >= 11 is 6.78. The van der Waals surface area contributed by atoms with Gasteiger partial charge in [0.25, 0.3) is 0 Å². The van der Waals surface area contributed by atoms with Gasteiger partial charge in [-0.25, -0.2) is 9.97 Å². The summed E-state index contributed by atoms with van der Waals surface area (Å²) < 4.78 is 12.4. The Morgan fingerprint density at radius 3 is 1.87 bits per heavy atom. The van der Waals surface area contributed by atoms with Gasteiger partial charge >= 0.3 is 0 Å². The molecule has 0 aliphatic carbocycles. The highest BCUT2D eigenvalue weighted by molar-refractivity contribution is 7.31. The lowest BCUT2D eigenvalue weighted by Crippen LogP contribution is -2.03. The van der Waals surface area contributed by atoms with E-state index < -0.39 is 0 Å². The summed E-state index contributed by atoms with van der Waals surface area (Å²) in [6.45, 7) is 13.3. The Balaban J connectivity index is 1.35. The number of benzene rings is 2. The predicted octanol–water partition coefficient (Wildman–Crippen LogP) is 11.7. The van der Waals surface area contributed by atoms with Gasteiger partial charge in [-0.1, -0.05) is 65.5 Å². The normalized spacial score (nSPS) is 11.8. The summed E-state index contributed by atoms with van der Waals surface area (Å²) in [6, 6.07) is 17.8. The molecule has 4 nitrogen and oxygen atoms in total. The first kappa shape index (κ1) is 31.1. The molecule has 7 aromatic rings. The molecular formula is C38H36N4S4. The Kier molecular flexibility index (Phi) is 8.77. The topological polar surface area (TPSA) is 51.6 Å². The van der Waals surface area contributed by atoms with Crippen molar-refractivity contribution >= 4 is 77.2 Å². The second-order valence-corrected chi connectivity index (χ2v) is 16.4. The quantitative estimate of drug-likeness (QED) is 0.150. The van der Waals surface area contributed by atoms with E-state index in [4.69, 9.17) is 18.7 Å². The average molecular weight is 677 g/mol. The van der Waals surface area contributed by atoms with Crippen LogP contribution in [-0.2, 0) is 19.3 Å². The Labute approximate surface area is 286 Å². The van der Waals surface area contributed by atoms with E-state index >= 15 is 0 Å². The first-order valence-electron chi connectivity index (χ1n) is 16.0. The van der Waals surface area contributed by atoms with Crippen LogP contribution >= 0.6 is 45.7 Å². The molecule has 0 spiro atoms. The van der Waals surface area contributed by atoms with E-state index in [1.165, 1.54) is 46.2 Å². The summed E-state index contributed by atoms with van der Waals surface area (Å²) in [5.74, 6) is 7.79. The standard InChI is InChI=1S/C38H36N4S4/c1-7-26-27(8-2)40-36-34(38-37(41-46-42-38)33(35(36)39-26)28-17-16-25(43-28)18-22(5)6)32-20-31-30(45-32)19-29(44-31)24-14-12-23(13-15-24)11-9-10-21(3)4/h12-17,19-22H,7-8,10,18H2,1-6H3. The van der Waals surface area contributed by atoms with Gasteiger partial charge < -0.3 is 0 Å². The van der Waals surface area contributed by atoms with Crippen LogP contribution in [0.1, 0.15) is 69.8 Å². The maximum Gasteiger partial charge on any atom is 0.116 e. The molecule has 0 saturated heterocycles. The molecule has 7 rings (SSSR count). The van der Waals surface area contributed by atoms with Crippen molar-refractivity contribution in [2.24, 2.45) is 11.8 Å². The number of rotatable bonds is 8. The number of hydrogen-bond acceptors (Lipinski definition) is 8. The SMILES string of the molecule is CCc1nc2c(-c3ccc(CC(C)C)s3)c3nsnc3c(-c3cc4sc(-c5ccc(C#CCC(C)C)cc5)cc4s3)c2nc1CC. The molecule has 0 atom stereocenters. The molecule has 232 valence electrons. The van der Waals surface area contributed by atoms with Crippen molar-refractivity contribution in [3.8, 4) is 43.2 Å². The van der Waals surface area contributed by atoms with Crippen LogP contribution in [0.2, 0.25) is 0 Å². The second kappa shape index (κ2) is 13.0. The zero-order valence-electron chi connectivity index (χ0n) is 27.0. The van der Waals surface area contributed by atoms with Gasteiger partial charge in [-0.3, -0.25) is 0 Å². The maximum absolute atomic E-state index is 5.35. The van der Waals surface area contributed by atoms with Crippen molar-refractivity contribution in [2.75, 3.05) is 0 Å². The minimum atomic E-state index is 0.591. The molecule has 0 unspecified atom stereocenters. The highest BCUT2D eigenvalue weighted by Gasteiger charge is 2.25. The number of aryl methyl sites for hydroxylation is 2. The Morgan fingerprint density at radius 1 is 0.652 bits per heavy atom. The van der Waals surface area contributed by atoms with Crippen molar-refractivity contribution in [3.63, 3.8) is 0 Å². The summed E-state index contributed by atoms with van der Waals surface area (Å²) in [6.07, 6.45) is 3.68. The third kappa shape index (κ3) is 5.91. The van der Waals surface area contributed by atoms with E-state index in [-0.39, 0.29) is 0 Å². The molecule has 46 heavy (non-hydrogen) atoms. The summed E-state index contributed by atoms with van der Waals surface area (Å²) in [7, 11) is 0. The van der Waals surface area contributed by atoms with Crippen LogP contribution in [0.5, 0.6) is 0 Å². The van der Waals surface area contributed by atoms with Gasteiger partial charge in [0, 0.05) is 52.0 Å². The molecule has 0 fully saturated rings. The molecule has 0 bridgehead atoms. The van der Waals surface area contributed by atoms with Gasteiger partial charge in [0.05, 0.1) is 23.1 Å². The molecule has 0 aliphatic rings. The van der Waals surface area contributed by atoms with Gasteiger partial charge in [-0.2, -0.15) is 8.75 Å². The summed E-state index contributed by atoms with van der Waals surface area (Å²) in [5, 5.41) is 0. The highest BCUT2D eigenvalue weighted by Crippen LogP contribution is 2.48. The molecule has 8 heteroatoms. The van der Waals surface area contributed by atoms with Crippen LogP contribution in [0.15, 0.2) is 48.5 Å². The fourth-order valence-corrected chi connectivity index (χ4v) is 10.1. The predicted molar refractivity (Wildman–Crippen MR) is 202 cm³/mol. The first-order valence-corrected chi connectivity index (χ1v) is 19.2. The van der Waals surface area contributed by atoms with E-state index in [1.807, 2.05) is 34.0 Å². The molecular weight excluding hydrogens is 641 g/mol. The zero-order chi connectivity index (χ0) is 31.9. The smallest absolute Gasteiger partial charge is 0.116 e. The average Bonchev–Trinajstić information content (AvgIpc) is 3.84. The molecule has 5 heterocycles. The molecule has 0 amide bonds. The highest BCUT2D eigenvalue weighted by atomic mass is 32.1. The third-order valence-electron chi connectivity index (χ3n) is 8.04. The van der Waals surface area contributed by atoms with E-state index in [9.17, 15) is 0 Å². The van der Waals surface area contributed by atoms with Gasteiger partial charge in [0.15, 0.2) is 0 Å². The second-order valence-electron chi connectivity index (χ2n) is 12.5. The lowest BCUT2D eigenvalue weighted by molar-refractivity contribution is 0.654. The number of fused-ring (bicyclic) bond motifs is 3. The minimum Gasteiger partial charge on any atom is -0.249 e. The van der Waals surface area contributed by atoms with Crippen LogP contribution in [0, 0.1) is 23.7 Å². The van der Waals surface area contributed by atoms with Gasteiger partial charge in [0.2, 0.25) is 0 Å². The molecule has 2 aromatic carbocycles. The Bertz CT molecular complexity index is 2220. The van der Waals surface area contributed by atoms with E-state index in [1.54, 1.807) is 0 Å². The third-order valence-corrected chi connectivity index (χ3v) is 12.1. The lowest BCUT2D eigenvalue weighted by atomic mass is 10.0. The maximum atomic E-state index is 5.35. The molecule has 5 aromatic heterocycles. The number of nitrogens with zero attached hydrogens (tertiary/aromatic N) is 4. The van der Waals surface area contributed by atoms with Crippen LogP contribution < -0.4 is 0 Å². The minimum absolute atomic E-state index is 0.591. The van der Waals surface area contributed by atoms with E-state index in [0.717, 1.165) is 75.8 Å². The molecule has 0 aliphatic heterocycles. The van der Waals surface area contributed by atoms with Gasteiger partial charge in [-0.05, 0) is 73.1 Å². The van der Waals surface area contributed by atoms with E-state index in [2.05, 4.69) is 102 Å². The summed E-state index contributed by atoms with van der Waals surface area (Å²) in [4.78, 5) is 15.7. The zero-order valence-corrected chi connectivity index (χ0v) is 30.3. The van der Waals surface area contributed by atoms with Crippen molar-refractivity contribution in [2.45, 2.75) is 67.2 Å². The largest absolute Gasteiger partial charge is 0.249 e. The number of aromatic nitrogens is 4. The van der Waals surface area contributed by atoms with Crippen LogP contribution in [-0.4, -0.2) is 18.7 Å². The Morgan fingerprint density at radius 2 is 1.26 bits per heavy atom. The number of thiophene rings is 3. The fraction of sp³-hybridized carbons (Fsp3) is 0.316. The fourth-order valence-electron chi connectivity index (χ4n) is 5.83. The molecule has 0 saturated carbocycles. The van der Waals surface area contributed by atoms with Crippen LogP contribution in [0.4, 0.5) is 0 Å². The van der Waals surface area contributed by atoms with Gasteiger partial charge in [0.1, 0.15) is 22.1 Å². The van der Waals surface area contributed by atoms with Crippen molar-refractivity contribution < 1.29 is 0 Å². The van der Waals surface area contributed by atoms with Crippen molar-refractivity contribution in [1.29, 1.82) is 0 Å². The summed E-state index contributed by atoms with van der Waals surface area (Å²) in [5.41, 5.74) is 10.3. The van der Waals surface area contributed by atoms with E-state index in [0.29, 0.717) is 11.8 Å². The molecule has 0 N–H and O–H groups in total. The van der Waals surface area contributed by atoms with Gasteiger partial charge in [-0.15, -0.1) is 34.0 Å². The van der Waals surface area contributed by atoms with Crippen LogP contribution in [0.25, 0.3) is 62.8 Å². The van der Waals surface area contributed by atoms with Crippen molar-refractivity contribution in [1.82, 2.24) is 18.7 Å². The monoisotopic (exact) mass is 676 g/mol. The first-order chi connectivity index (χ1) is 22.3.